The second-order valence-electron chi connectivity index (χ2n) is 4.74. The minimum absolute atomic E-state index is 0.254. The zero-order valence-electron chi connectivity index (χ0n) is 8.02. The van der Waals surface area contributed by atoms with E-state index in [-0.39, 0.29) is 5.41 Å². The molecule has 0 bridgehead atoms. The van der Waals surface area contributed by atoms with Gasteiger partial charge in [0.15, 0.2) is 8.32 Å². The summed E-state index contributed by atoms with van der Waals surface area (Å²) in [6.07, 6.45) is 0. The van der Waals surface area contributed by atoms with Crippen molar-refractivity contribution in [2.75, 3.05) is 0 Å². The maximum absolute atomic E-state index is 9.76. The fraction of sp³-hybridized carbons (Fsp3) is 1.00. The molecule has 1 nitrogen and oxygen atoms in total. The Morgan fingerprint density at radius 3 is 1.50 bits per heavy atom. The first kappa shape index (κ1) is 10.2. The Hall–Kier alpha value is 0.177. The van der Waals surface area contributed by atoms with E-state index in [1.165, 1.54) is 0 Å². The van der Waals surface area contributed by atoms with Gasteiger partial charge in [-0.15, -0.1) is 0 Å². The summed E-state index contributed by atoms with van der Waals surface area (Å²) in [5, 5.41) is 0. The normalized spacial score (nSPS) is 17.1. The molecule has 0 aromatic carbocycles. The monoisotopic (exact) mass is 160 g/mol. The molecule has 0 aromatic heterocycles. The standard InChI is InChI=1S/C8H20OSi/c1-7(8(2,3)4)10(5,6)9/h7,9H,1-6H3. The van der Waals surface area contributed by atoms with Gasteiger partial charge in [0.25, 0.3) is 0 Å². The quantitative estimate of drug-likeness (QED) is 0.585. The molecule has 0 saturated carbocycles. The summed E-state index contributed by atoms with van der Waals surface area (Å²) >= 11 is 0. The van der Waals surface area contributed by atoms with Crippen molar-refractivity contribution in [3.05, 3.63) is 0 Å². The van der Waals surface area contributed by atoms with E-state index in [4.69, 9.17) is 0 Å². The molecular formula is C8H20OSi. The van der Waals surface area contributed by atoms with Crippen molar-refractivity contribution in [1.82, 2.24) is 0 Å². The first-order valence-electron chi connectivity index (χ1n) is 3.88. The van der Waals surface area contributed by atoms with Crippen molar-refractivity contribution < 1.29 is 4.80 Å². The average molecular weight is 160 g/mol. The molecule has 0 spiro atoms. The Balaban J connectivity index is 4.23. The summed E-state index contributed by atoms with van der Waals surface area (Å²) in [4.78, 5) is 9.76. The van der Waals surface area contributed by atoms with E-state index >= 15 is 0 Å². The Kier molecular flexibility index (Phi) is 2.71. The lowest BCUT2D eigenvalue weighted by molar-refractivity contribution is 0.355. The number of hydrogen-bond acceptors (Lipinski definition) is 1. The molecule has 1 unspecified atom stereocenters. The predicted octanol–water partition coefficient (Wildman–Crippen LogP) is 2.62. The Labute approximate surface area is 65.6 Å². The third kappa shape index (κ3) is 2.84. The molecule has 0 fully saturated rings. The van der Waals surface area contributed by atoms with Crippen molar-refractivity contribution in [1.29, 1.82) is 0 Å². The van der Waals surface area contributed by atoms with Crippen molar-refractivity contribution >= 4 is 8.32 Å². The van der Waals surface area contributed by atoms with E-state index in [2.05, 4.69) is 27.7 Å². The van der Waals surface area contributed by atoms with Crippen LogP contribution in [0.2, 0.25) is 18.6 Å². The zero-order chi connectivity index (χ0) is 8.58. The average Bonchev–Trinajstić information content (AvgIpc) is 1.59. The van der Waals surface area contributed by atoms with Crippen molar-refractivity contribution in [2.45, 2.75) is 46.3 Å². The van der Waals surface area contributed by atoms with Gasteiger partial charge in [-0.1, -0.05) is 27.7 Å². The van der Waals surface area contributed by atoms with Crippen LogP contribution >= 0.6 is 0 Å². The van der Waals surface area contributed by atoms with Gasteiger partial charge in [0.2, 0.25) is 0 Å². The summed E-state index contributed by atoms with van der Waals surface area (Å²) in [7, 11) is -1.90. The SMILES string of the molecule is CC(C(C)(C)C)[Si](C)(C)O. The van der Waals surface area contributed by atoms with Gasteiger partial charge in [0.1, 0.15) is 0 Å². The van der Waals surface area contributed by atoms with Gasteiger partial charge in [-0.3, -0.25) is 0 Å². The first-order valence-corrected chi connectivity index (χ1v) is 6.90. The third-order valence-electron chi connectivity index (χ3n) is 2.36. The number of rotatable bonds is 1. The minimum Gasteiger partial charge on any atom is -0.432 e. The highest BCUT2D eigenvalue weighted by molar-refractivity contribution is 6.71. The molecule has 0 aliphatic rings. The molecule has 0 radical (unpaired) electrons. The van der Waals surface area contributed by atoms with Crippen LogP contribution < -0.4 is 0 Å². The molecular weight excluding hydrogens is 140 g/mol. The van der Waals surface area contributed by atoms with Crippen LogP contribution in [0.3, 0.4) is 0 Å². The van der Waals surface area contributed by atoms with Crippen LogP contribution in [0.15, 0.2) is 0 Å². The second kappa shape index (κ2) is 2.66. The topological polar surface area (TPSA) is 20.2 Å². The predicted molar refractivity (Wildman–Crippen MR) is 48.6 cm³/mol. The molecule has 0 aromatic rings. The first-order chi connectivity index (χ1) is 4.15. The molecule has 62 valence electrons. The highest BCUT2D eigenvalue weighted by atomic mass is 28.4. The van der Waals surface area contributed by atoms with Crippen LogP contribution in [0.25, 0.3) is 0 Å². The molecule has 0 heterocycles. The summed E-state index contributed by atoms with van der Waals surface area (Å²) in [6.45, 7) is 12.7. The summed E-state index contributed by atoms with van der Waals surface area (Å²) < 4.78 is 0. The van der Waals surface area contributed by atoms with E-state index in [1.54, 1.807) is 0 Å². The zero-order valence-corrected chi connectivity index (χ0v) is 9.02. The van der Waals surface area contributed by atoms with Crippen molar-refractivity contribution in [3.8, 4) is 0 Å². The van der Waals surface area contributed by atoms with E-state index in [9.17, 15) is 4.80 Å². The molecule has 10 heavy (non-hydrogen) atoms. The Morgan fingerprint density at radius 1 is 1.20 bits per heavy atom. The lowest BCUT2D eigenvalue weighted by Crippen LogP contribution is -2.37. The van der Waals surface area contributed by atoms with E-state index in [1.807, 2.05) is 13.1 Å². The van der Waals surface area contributed by atoms with E-state index < -0.39 is 8.32 Å². The van der Waals surface area contributed by atoms with Crippen LogP contribution in [0.1, 0.15) is 27.7 Å². The summed E-state index contributed by atoms with van der Waals surface area (Å²) in [5.41, 5.74) is 0.713. The van der Waals surface area contributed by atoms with Crippen LogP contribution in [-0.4, -0.2) is 13.1 Å². The van der Waals surface area contributed by atoms with Crippen LogP contribution in [-0.2, 0) is 0 Å². The summed E-state index contributed by atoms with van der Waals surface area (Å²) in [6, 6.07) is 0. The van der Waals surface area contributed by atoms with Gasteiger partial charge >= 0.3 is 0 Å². The minimum atomic E-state index is -1.90. The van der Waals surface area contributed by atoms with Crippen LogP contribution in [0.4, 0.5) is 0 Å². The van der Waals surface area contributed by atoms with Gasteiger partial charge < -0.3 is 4.80 Å². The number of hydrogen-bond donors (Lipinski definition) is 1. The molecule has 0 amide bonds. The van der Waals surface area contributed by atoms with E-state index in [0.29, 0.717) is 5.54 Å². The highest BCUT2D eigenvalue weighted by Crippen LogP contribution is 2.36. The Morgan fingerprint density at radius 2 is 1.50 bits per heavy atom. The fourth-order valence-corrected chi connectivity index (χ4v) is 3.18. The molecule has 0 aliphatic heterocycles. The molecule has 0 aliphatic carbocycles. The summed E-state index contributed by atoms with van der Waals surface area (Å²) in [5.74, 6) is 0. The van der Waals surface area contributed by atoms with Crippen molar-refractivity contribution in [2.24, 2.45) is 5.41 Å². The molecule has 1 N–H and O–H groups in total. The van der Waals surface area contributed by atoms with Gasteiger partial charge in [-0.25, -0.2) is 0 Å². The van der Waals surface area contributed by atoms with Gasteiger partial charge in [-0.05, 0) is 24.1 Å². The third-order valence-corrected chi connectivity index (χ3v) is 5.34. The fourth-order valence-electron chi connectivity index (χ4n) is 1.06. The second-order valence-corrected chi connectivity index (χ2v) is 8.91. The molecule has 1 atom stereocenters. The smallest absolute Gasteiger partial charge is 0.185 e. The van der Waals surface area contributed by atoms with Crippen LogP contribution in [0.5, 0.6) is 0 Å². The van der Waals surface area contributed by atoms with Crippen molar-refractivity contribution in [3.63, 3.8) is 0 Å². The molecule has 0 saturated heterocycles. The maximum Gasteiger partial charge on any atom is 0.185 e. The lowest BCUT2D eigenvalue weighted by atomic mass is 9.93. The maximum atomic E-state index is 9.76. The Bertz CT molecular complexity index is 93.4. The molecule has 0 rings (SSSR count). The van der Waals surface area contributed by atoms with Gasteiger partial charge in [0, 0.05) is 0 Å². The highest BCUT2D eigenvalue weighted by Gasteiger charge is 2.34. The van der Waals surface area contributed by atoms with Gasteiger partial charge in [-0.2, -0.15) is 0 Å². The molecule has 2 heteroatoms. The largest absolute Gasteiger partial charge is 0.432 e. The van der Waals surface area contributed by atoms with Gasteiger partial charge in [0.05, 0.1) is 0 Å². The van der Waals surface area contributed by atoms with Crippen LogP contribution in [0, 0.1) is 5.41 Å². The van der Waals surface area contributed by atoms with E-state index in [0.717, 1.165) is 0 Å². The lowest BCUT2D eigenvalue weighted by Gasteiger charge is -2.34.